The minimum absolute atomic E-state index is 0.0272. The van der Waals surface area contributed by atoms with Crippen LogP contribution in [0.5, 0.6) is 11.5 Å². The molecule has 0 bridgehead atoms. The first-order chi connectivity index (χ1) is 12.4. The molecule has 0 radical (unpaired) electrons. The Morgan fingerprint density at radius 2 is 1.92 bits per heavy atom. The molecule has 0 unspecified atom stereocenters. The van der Waals surface area contributed by atoms with Crippen molar-refractivity contribution in [3.63, 3.8) is 0 Å². The molecular formula is C17H12ClF2NO5. The Morgan fingerprint density at radius 1 is 1.23 bits per heavy atom. The molecule has 0 fully saturated rings. The summed E-state index contributed by atoms with van der Waals surface area (Å²) >= 11 is 5.98. The minimum Gasteiger partial charge on any atom is -0.454 e. The lowest BCUT2D eigenvalue weighted by atomic mass is 10.2. The Hall–Kier alpha value is -2.87. The van der Waals surface area contributed by atoms with Crippen LogP contribution in [0.4, 0.5) is 14.5 Å². The van der Waals surface area contributed by atoms with E-state index in [0.717, 1.165) is 18.2 Å². The predicted molar refractivity (Wildman–Crippen MR) is 87.4 cm³/mol. The van der Waals surface area contributed by atoms with Crippen LogP contribution in [-0.2, 0) is 9.53 Å². The number of esters is 1. The summed E-state index contributed by atoms with van der Waals surface area (Å²) in [5.41, 5.74) is -0.581. The zero-order chi connectivity index (χ0) is 18.8. The summed E-state index contributed by atoms with van der Waals surface area (Å²) in [7, 11) is 0. The first kappa shape index (κ1) is 17.9. The highest BCUT2D eigenvalue weighted by Gasteiger charge is 2.25. The third kappa shape index (κ3) is 3.55. The van der Waals surface area contributed by atoms with Crippen LogP contribution in [0, 0.1) is 11.6 Å². The molecule has 26 heavy (non-hydrogen) atoms. The summed E-state index contributed by atoms with van der Waals surface area (Å²) in [6.45, 7) is 1.24. The topological polar surface area (TPSA) is 73.9 Å². The van der Waals surface area contributed by atoms with Crippen LogP contribution < -0.4 is 14.8 Å². The maximum atomic E-state index is 13.6. The average Bonchev–Trinajstić information content (AvgIpc) is 3.07. The number of ether oxygens (including phenoxy) is 3. The van der Waals surface area contributed by atoms with E-state index in [-0.39, 0.29) is 23.1 Å². The third-order valence-corrected chi connectivity index (χ3v) is 3.81. The summed E-state index contributed by atoms with van der Waals surface area (Å²) in [4.78, 5) is 24.2. The molecule has 0 saturated heterocycles. The Balaban J connectivity index is 1.69. The van der Waals surface area contributed by atoms with E-state index in [1.54, 1.807) is 0 Å². The zero-order valence-electron chi connectivity index (χ0n) is 13.3. The van der Waals surface area contributed by atoms with Gasteiger partial charge in [0.1, 0.15) is 17.3 Å². The number of fused-ring (bicyclic) bond motifs is 1. The standard InChI is InChI=1S/C17H12ClF2NO5/c1-8(16(22)21-14-11(19)3-2-4-12(14)20)26-17(23)9-5-10(18)15-13(6-9)24-7-25-15/h2-6,8H,7H2,1H3,(H,21,22)/t8-/m1/s1. The largest absolute Gasteiger partial charge is 0.454 e. The maximum Gasteiger partial charge on any atom is 0.339 e. The van der Waals surface area contributed by atoms with E-state index >= 15 is 0 Å². The Kier molecular flexibility index (Phi) is 4.94. The Labute approximate surface area is 151 Å². The molecule has 3 rings (SSSR count). The fraction of sp³-hybridized carbons (Fsp3) is 0.176. The highest BCUT2D eigenvalue weighted by Crippen LogP contribution is 2.40. The van der Waals surface area contributed by atoms with Crippen molar-refractivity contribution in [2.24, 2.45) is 0 Å². The maximum absolute atomic E-state index is 13.6. The van der Waals surface area contributed by atoms with Gasteiger partial charge in [0.25, 0.3) is 5.91 Å². The minimum atomic E-state index is -1.31. The molecule has 1 N–H and O–H groups in total. The van der Waals surface area contributed by atoms with Crippen molar-refractivity contribution in [2.45, 2.75) is 13.0 Å². The molecule has 9 heteroatoms. The van der Waals surface area contributed by atoms with Crippen LogP contribution in [0.3, 0.4) is 0 Å². The number of nitrogens with one attached hydrogen (secondary N) is 1. The molecule has 0 aromatic heterocycles. The van der Waals surface area contributed by atoms with E-state index in [1.807, 2.05) is 0 Å². The molecule has 1 aliphatic rings. The zero-order valence-corrected chi connectivity index (χ0v) is 14.1. The lowest BCUT2D eigenvalue weighted by Gasteiger charge is -2.14. The number of hydrogen-bond donors (Lipinski definition) is 1. The quantitative estimate of drug-likeness (QED) is 0.818. The van der Waals surface area contributed by atoms with Crippen LogP contribution in [0.15, 0.2) is 30.3 Å². The van der Waals surface area contributed by atoms with Crippen molar-refractivity contribution in [1.82, 2.24) is 0 Å². The van der Waals surface area contributed by atoms with Crippen molar-refractivity contribution in [1.29, 1.82) is 0 Å². The van der Waals surface area contributed by atoms with Crippen molar-refractivity contribution < 1.29 is 32.6 Å². The number of benzene rings is 2. The number of anilines is 1. The monoisotopic (exact) mass is 383 g/mol. The lowest BCUT2D eigenvalue weighted by Crippen LogP contribution is -2.30. The van der Waals surface area contributed by atoms with Gasteiger partial charge in [-0.25, -0.2) is 13.6 Å². The van der Waals surface area contributed by atoms with Gasteiger partial charge in [0.15, 0.2) is 17.6 Å². The molecule has 136 valence electrons. The molecule has 2 aromatic carbocycles. The second kappa shape index (κ2) is 7.17. The number of hydrogen-bond acceptors (Lipinski definition) is 5. The predicted octanol–water partition coefficient (Wildman–Crippen LogP) is 3.53. The molecule has 6 nitrogen and oxygen atoms in total. The highest BCUT2D eigenvalue weighted by molar-refractivity contribution is 6.32. The number of halogens is 3. The van der Waals surface area contributed by atoms with Gasteiger partial charge >= 0.3 is 5.97 Å². The van der Waals surface area contributed by atoms with E-state index in [1.165, 1.54) is 19.1 Å². The number of carbonyl (C=O) groups excluding carboxylic acids is 2. The Bertz CT molecular complexity index is 869. The molecule has 0 saturated carbocycles. The van der Waals surface area contributed by atoms with E-state index in [2.05, 4.69) is 5.32 Å². The van der Waals surface area contributed by atoms with Crippen molar-refractivity contribution >= 4 is 29.2 Å². The van der Waals surface area contributed by atoms with Crippen LogP contribution in [0.2, 0.25) is 5.02 Å². The molecular weight excluding hydrogens is 372 g/mol. The second-order valence-corrected chi connectivity index (χ2v) is 5.73. The fourth-order valence-electron chi connectivity index (χ4n) is 2.21. The van der Waals surface area contributed by atoms with Crippen molar-refractivity contribution in [3.8, 4) is 11.5 Å². The SMILES string of the molecule is C[C@@H](OC(=O)c1cc(Cl)c2c(c1)OCO2)C(=O)Nc1c(F)cccc1F. The summed E-state index contributed by atoms with van der Waals surface area (Å²) in [6, 6.07) is 5.80. The van der Waals surface area contributed by atoms with Gasteiger partial charge < -0.3 is 19.5 Å². The summed E-state index contributed by atoms with van der Waals surface area (Å²) < 4.78 is 42.4. The van der Waals surface area contributed by atoms with Gasteiger partial charge in [-0.05, 0) is 31.2 Å². The summed E-state index contributed by atoms with van der Waals surface area (Å²) in [5.74, 6) is -3.06. The van der Waals surface area contributed by atoms with Crippen LogP contribution in [0.1, 0.15) is 17.3 Å². The highest BCUT2D eigenvalue weighted by atomic mass is 35.5. The van der Waals surface area contributed by atoms with Crippen molar-refractivity contribution in [3.05, 3.63) is 52.6 Å². The summed E-state index contributed by atoms with van der Waals surface area (Å²) in [6.07, 6.45) is -1.31. The van der Waals surface area contributed by atoms with E-state index in [0.29, 0.717) is 5.75 Å². The number of para-hydroxylation sites is 1. The summed E-state index contributed by atoms with van der Waals surface area (Å²) in [5, 5.41) is 2.20. The lowest BCUT2D eigenvalue weighted by molar-refractivity contribution is -0.123. The number of carbonyl (C=O) groups is 2. The fourth-order valence-corrected chi connectivity index (χ4v) is 2.47. The average molecular weight is 384 g/mol. The van der Waals surface area contributed by atoms with Crippen LogP contribution >= 0.6 is 11.6 Å². The van der Waals surface area contributed by atoms with Gasteiger partial charge in [-0.3, -0.25) is 4.79 Å². The first-order valence-corrected chi connectivity index (χ1v) is 7.79. The van der Waals surface area contributed by atoms with E-state index in [9.17, 15) is 18.4 Å². The Morgan fingerprint density at radius 3 is 2.62 bits per heavy atom. The molecule has 2 aromatic rings. The van der Waals surface area contributed by atoms with Crippen LogP contribution in [0.25, 0.3) is 0 Å². The number of rotatable bonds is 4. The molecule has 1 amide bonds. The second-order valence-electron chi connectivity index (χ2n) is 5.33. The van der Waals surface area contributed by atoms with E-state index in [4.69, 9.17) is 25.8 Å². The van der Waals surface area contributed by atoms with Gasteiger partial charge in [0, 0.05) is 0 Å². The third-order valence-electron chi connectivity index (χ3n) is 3.53. The normalized spacial score (nSPS) is 13.2. The molecule has 1 heterocycles. The van der Waals surface area contributed by atoms with Gasteiger partial charge in [-0.2, -0.15) is 0 Å². The first-order valence-electron chi connectivity index (χ1n) is 7.42. The smallest absolute Gasteiger partial charge is 0.339 e. The molecule has 0 aliphatic carbocycles. The van der Waals surface area contributed by atoms with E-state index < -0.39 is 35.3 Å². The number of amides is 1. The van der Waals surface area contributed by atoms with Gasteiger partial charge in [-0.15, -0.1) is 0 Å². The molecule has 0 spiro atoms. The molecule has 1 atom stereocenters. The van der Waals surface area contributed by atoms with Gasteiger partial charge in [0.05, 0.1) is 10.6 Å². The van der Waals surface area contributed by atoms with Gasteiger partial charge in [-0.1, -0.05) is 17.7 Å². The van der Waals surface area contributed by atoms with Gasteiger partial charge in [0.2, 0.25) is 6.79 Å². The molecule has 1 aliphatic heterocycles. The van der Waals surface area contributed by atoms with Crippen molar-refractivity contribution in [2.75, 3.05) is 12.1 Å². The van der Waals surface area contributed by atoms with Crippen LogP contribution in [-0.4, -0.2) is 24.8 Å².